The number of nitrogens with zero attached hydrogens (tertiary/aromatic N) is 5. The average Bonchev–Trinajstić information content (AvgIpc) is 3.64. The van der Waals surface area contributed by atoms with Gasteiger partial charge in [-0.3, -0.25) is 19.2 Å². The van der Waals surface area contributed by atoms with Crippen molar-refractivity contribution < 1.29 is 34.2 Å². The number of carboxylic acids is 2. The van der Waals surface area contributed by atoms with Crippen LogP contribution >= 0.6 is 0 Å². The van der Waals surface area contributed by atoms with Crippen molar-refractivity contribution in [2.24, 2.45) is 5.92 Å². The number of hydrogen-bond donors (Lipinski definition) is 6. The number of amides is 4. The molecule has 0 radical (unpaired) electrons. The zero-order valence-electron chi connectivity index (χ0n) is 25.0. The number of carboxylic acid groups (broad SMARTS) is 2. The number of carbonyl (C=O) groups is 5. The van der Waals surface area contributed by atoms with Crippen molar-refractivity contribution in [3.63, 3.8) is 0 Å². The van der Waals surface area contributed by atoms with Gasteiger partial charge in [0.25, 0.3) is 0 Å². The van der Waals surface area contributed by atoms with Gasteiger partial charge in [-0.1, -0.05) is 44.7 Å². The van der Waals surface area contributed by atoms with Gasteiger partial charge >= 0.3 is 18.0 Å². The average molecular weight is 608 g/mol. The van der Waals surface area contributed by atoms with Crippen molar-refractivity contribution in [2.45, 2.75) is 109 Å². The van der Waals surface area contributed by atoms with E-state index in [1.165, 1.54) is 0 Å². The van der Waals surface area contributed by atoms with Crippen molar-refractivity contribution in [1.82, 2.24) is 46.4 Å². The zero-order valence-corrected chi connectivity index (χ0v) is 25.0. The molecule has 4 amide bonds. The predicted octanol–water partition coefficient (Wildman–Crippen LogP) is 0.474. The first kappa shape index (κ1) is 33.8. The SMILES string of the molecule is CC[C@H](C)[C@@H](CN[C@@H](CCC(=O)O)C(=O)N1C(=O)N(C2CCCCC2)C[C@H]1C(=O)NCc1nn[nH]n1)NCCCC(=O)O. The third-order valence-corrected chi connectivity index (χ3v) is 8.33. The van der Waals surface area contributed by atoms with Crippen LogP contribution in [0.15, 0.2) is 0 Å². The molecule has 0 aromatic carbocycles. The van der Waals surface area contributed by atoms with Gasteiger partial charge in [0, 0.05) is 31.5 Å². The van der Waals surface area contributed by atoms with Crippen LogP contribution in [0.1, 0.15) is 83.9 Å². The first-order chi connectivity index (χ1) is 20.6. The quantitative estimate of drug-likeness (QED) is 0.125. The van der Waals surface area contributed by atoms with Gasteiger partial charge in [0.15, 0.2) is 5.82 Å². The summed E-state index contributed by atoms with van der Waals surface area (Å²) in [5.41, 5.74) is 0. The Bertz CT molecular complexity index is 1080. The molecule has 4 atom stereocenters. The lowest BCUT2D eigenvalue weighted by atomic mass is 9.94. The largest absolute Gasteiger partial charge is 0.481 e. The first-order valence-corrected chi connectivity index (χ1v) is 15.2. The number of carbonyl (C=O) groups excluding carboxylic acids is 3. The van der Waals surface area contributed by atoms with Gasteiger partial charge in [0.1, 0.15) is 6.04 Å². The molecule has 0 unspecified atom stereocenters. The summed E-state index contributed by atoms with van der Waals surface area (Å²) < 4.78 is 0. The summed E-state index contributed by atoms with van der Waals surface area (Å²) in [4.78, 5) is 66.2. The van der Waals surface area contributed by atoms with Crippen molar-refractivity contribution in [1.29, 1.82) is 0 Å². The molecule has 0 spiro atoms. The molecule has 2 heterocycles. The fourth-order valence-corrected chi connectivity index (χ4v) is 5.61. The second-order valence-electron chi connectivity index (χ2n) is 11.3. The van der Waals surface area contributed by atoms with Crippen LogP contribution in [-0.2, 0) is 25.7 Å². The molecule has 43 heavy (non-hydrogen) atoms. The van der Waals surface area contributed by atoms with Crippen LogP contribution in [0.4, 0.5) is 4.79 Å². The van der Waals surface area contributed by atoms with Crippen LogP contribution in [0.5, 0.6) is 0 Å². The maximum Gasteiger partial charge on any atom is 0.327 e. The summed E-state index contributed by atoms with van der Waals surface area (Å²) in [6.07, 6.45) is 5.44. The Labute approximate surface area is 250 Å². The lowest BCUT2D eigenvalue weighted by Gasteiger charge is -2.31. The number of H-pyrrole nitrogens is 1. The fourth-order valence-electron chi connectivity index (χ4n) is 5.61. The zero-order chi connectivity index (χ0) is 31.4. The van der Waals surface area contributed by atoms with Gasteiger partial charge in [0.05, 0.1) is 19.1 Å². The van der Waals surface area contributed by atoms with Gasteiger partial charge in [0.2, 0.25) is 11.8 Å². The molecule has 2 fully saturated rings. The molecule has 1 aliphatic heterocycles. The predicted molar refractivity (Wildman–Crippen MR) is 152 cm³/mol. The molecule has 1 aromatic heterocycles. The van der Waals surface area contributed by atoms with Crippen molar-refractivity contribution in [3.8, 4) is 0 Å². The minimum absolute atomic E-state index is 0.0259. The van der Waals surface area contributed by atoms with Crippen LogP contribution in [0.3, 0.4) is 0 Å². The molecule has 1 aromatic rings. The molecule has 3 rings (SSSR count). The lowest BCUT2D eigenvalue weighted by molar-refractivity contribution is -0.139. The fraction of sp³-hybridized carbons (Fsp3) is 0.778. The highest BCUT2D eigenvalue weighted by molar-refractivity contribution is 6.04. The minimum atomic E-state index is -1.11. The van der Waals surface area contributed by atoms with Gasteiger partial charge in [-0.15, -0.1) is 10.2 Å². The molecule has 16 nitrogen and oxygen atoms in total. The highest BCUT2D eigenvalue weighted by Crippen LogP contribution is 2.29. The highest BCUT2D eigenvalue weighted by Gasteiger charge is 2.48. The van der Waals surface area contributed by atoms with E-state index in [1.807, 2.05) is 13.8 Å². The third kappa shape index (κ3) is 9.95. The van der Waals surface area contributed by atoms with Gasteiger partial charge < -0.3 is 31.1 Å². The number of aliphatic carboxylic acids is 2. The number of rotatable bonds is 18. The summed E-state index contributed by atoms with van der Waals surface area (Å²) in [5, 5.41) is 41.0. The van der Waals surface area contributed by atoms with Crippen LogP contribution in [0.2, 0.25) is 0 Å². The molecule has 1 saturated heterocycles. The topological polar surface area (TPSA) is 223 Å². The van der Waals surface area contributed by atoms with E-state index in [1.54, 1.807) is 4.90 Å². The molecule has 240 valence electrons. The van der Waals surface area contributed by atoms with E-state index < -0.39 is 41.9 Å². The summed E-state index contributed by atoms with van der Waals surface area (Å²) in [6.45, 7) is 4.78. The Morgan fingerprint density at radius 3 is 2.42 bits per heavy atom. The van der Waals surface area contributed by atoms with Crippen molar-refractivity contribution >= 4 is 29.8 Å². The monoisotopic (exact) mass is 607 g/mol. The standard InChI is InChI=1S/C27H45N9O7/c1-3-17(2)20(28-13-7-10-23(37)38)14-29-19(11-12-24(39)40)26(42)36-21(25(41)30-15-22-31-33-34-32-22)16-35(27(36)43)18-8-5-4-6-9-18/h17-21,28-29H,3-16H2,1-2H3,(H,30,41)(H,37,38)(H,39,40)(H,31,32,33,34)/t17-,19-,20+,21-/m0/s1. The van der Waals surface area contributed by atoms with E-state index in [2.05, 4.69) is 36.6 Å². The maximum atomic E-state index is 14.0. The molecule has 1 aliphatic carbocycles. The second kappa shape index (κ2) is 16.8. The Morgan fingerprint density at radius 2 is 1.79 bits per heavy atom. The van der Waals surface area contributed by atoms with Crippen LogP contribution in [0.25, 0.3) is 0 Å². The second-order valence-corrected chi connectivity index (χ2v) is 11.3. The molecule has 0 bridgehead atoms. The number of aromatic nitrogens is 4. The number of tetrazole rings is 1. The van der Waals surface area contributed by atoms with Gasteiger partial charge in [-0.25, -0.2) is 9.69 Å². The van der Waals surface area contributed by atoms with Gasteiger partial charge in [-0.05, 0) is 38.1 Å². The van der Waals surface area contributed by atoms with E-state index in [4.69, 9.17) is 5.11 Å². The van der Waals surface area contributed by atoms with Gasteiger partial charge in [-0.2, -0.15) is 5.21 Å². The number of aromatic amines is 1. The number of imide groups is 1. The Hall–Kier alpha value is -3.66. The molecule has 16 heteroatoms. The first-order valence-electron chi connectivity index (χ1n) is 15.2. The molecular formula is C27H45N9O7. The van der Waals surface area contributed by atoms with Crippen molar-refractivity contribution in [3.05, 3.63) is 5.82 Å². The normalized spacial score (nSPS) is 19.7. The maximum absolute atomic E-state index is 14.0. The number of nitrogens with one attached hydrogen (secondary N) is 4. The van der Waals surface area contributed by atoms with E-state index in [-0.39, 0.29) is 62.7 Å². The van der Waals surface area contributed by atoms with E-state index >= 15 is 0 Å². The number of urea groups is 1. The Balaban J connectivity index is 1.79. The minimum Gasteiger partial charge on any atom is -0.481 e. The summed E-state index contributed by atoms with van der Waals surface area (Å²) in [6, 6.07) is -2.92. The van der Waals surface area contributed by atoms with Crippen molar-refractivity contribution in [2.75, 3.05) is 19.6 Å². The van der Waals surface area contributed by atoms with E-state index in [9.17, 15) is 29.1 Å². The Kier molecular flexibility index (Phi) is 13.3. The van der Waals surface area contributed by atoms with Crippen LogP contribution < -0.4 is 16.0 Å². The summed E-state index contributed by atoms with van der Waals surface area (Å²) in [7, 11) is 0. The molecule has 2 aliphatic rings. The Morgan fingerprint density at radius 1 is 1.07 bits per heavy atom. The highest BCUT2D eigenvalue weighted by atomic mass is 16.4. The van der Waals surface area contributed by atoms with Crippen LogP contribution in [-0.4, -0.2) is 114 Å². The molecule has 6 N–H and O–H groups in total. The lowest BCUT2D eigenvalue weighted by Crippen LogP contribution is -2.56. The summed E-state index contributed by atoms with van der Waals surface area (Å²) >= 11 is 0. The molecule has 1 saturated carbocycles. The smallest absolute Gasteiger partial charge is 0.327 e. The third-order valence-electron chi connectivity index (χ3n) is 8.33. The van der Waals surface area contributed by atoms with E-state index in [0.717, 1.165) is 43.4 Å². The summed E-state index contributed by atoms with van der Waals surface area (Å²) in [5.74, 6) is -2.76. The number of hydrogen-bond acceptors (Lipinski definition) is 10. The molecular weight excluding hydrogens is 562 g/mol. The van der Waals surface area contributed by atoms with Crippen LogP contribution in [0, 0.1) is 5.92 Å². The van der Waals surface area contributed by atoms with E-state index in [0.29, 0.717) is 13.0 Å².